The van der Waals surface area contributed by atoms with Crippen LogP contribution in [0.2, 0.25) is 0 Å². The molecule has 0 aliphatic carbocycles. The molecular formula is C22H27FN6O3. The lowest BCUT2D eigenvalue weighted by atomic mass is 10.0. The summed E-state index contributed by atoms with van der Waals surface area (Å²) in [5.74, 6) is -0.322. The van der Waals surface area contributed by atoms with Crippen molar-refractivity contribution in [3.05, 3.63) is 52.8 Å². The lowest BCUT2D eigenvalue weighted by molar-refractivity contribution is -0.120. The van der Waals surface area contributed by atoms with Crippen molar-refractivity contribution in [2.75, 3.05) is 25.0 Å². The van der Waals surface area contributed by atoms with Gasteiger partial charge in [-0.2, -0.15) is 0 Å². The Morgan fingerprint density at radius 2 is 2.06 bits per heavy atom. The number of aliphatic imine (C=N–C) groups is 1. The number of hydrogen-bond donors (Lipinski definition) is 5. The van der Waals surface area contributed by atoms with Gasteiger partial charge in [-0.3, -0.25) is 14.6 Å². The molecule has 10 heteroatoms. The highest BCUT2D eigenvalue weighted by Crippen LogP contribution is 2.28. The number of benzene rings is 1. The fourth-order valence-electron chi connectivity index (χ4n) is 3.33. The third kappa shape index (κ3) is 5.93. The molecule has 2 atom stereocenters. The number of rotatable bonds is 6. The van der Waals surface area contributed by atoms with Gasteiger partial charge in [0.2, 0.25) is 5.91 Å². The molecule has 3 rings (SSSR count). The van der Waals surface area contributed by atoms with Crippen molar-refractivity contribution in [1.82, 2.24) is 20.9 Å². The second kappa shape index (κ2) is 10.1. The molecule has 1 aliphatic rings. The molecule has 0 bridgehead atoms. The first-order valence-corrected chi connectivity index (χ1v) is 10.2. The van der Waals surface area contributed by atoms with E-state index in [2.05, 4.69) is 31.2 Å². The number of nitrogens with one attached hydrogen (secondary N) is 4. The van der Waals surface area contributed by atoms with E-state index in [0.717, 1.165) is 11.1 Å². The van der Waals surface area contributed by atoms with Gasteiger partial charge in [-0.1, -0.05) is 17.7 Å². The number of halogens is 1. The minimum absolute atomic E-state index is 0.0658. The molecule has 0 saturated heterocycles. The molecule has 9 nitrogen and oxygen atoms in total. The van der Waals surface area contributed by atoms with E-state index in [9.17, 15) is 19.1 Å². The Morgan fingerprint density at radius 3 is 2.78 bits per heavy atom. The molecule has 1 aromatic heterocycles. The summed E-state index contributed by atoms with van der Waals surface area (Å²) in [6, 6.07) is 4.80. The number of aromatic hydroxyl groups is 1. The highest BCUT2D eigenvalue weighted by atomic mass is 19.1. The van der Waals surface area contributed by atoms with Crippen LogP contribution in [0.1, 0.15) is 40.0 Å². The maximum Gasteiger partial charge on any atom is 0.253 e. The smallest absolute Gasteiger partial charge is 0.253 e. The molecule has 2 aromatic rings. The van der Waals surface area contributed by atoms with Gasteiger partial charge in [0, 0.05) is 11.8 Å². The summed E-state index contributed by atoms with van der Waals surface area (Å²) >= 11 is 0. The van der Waals surface area contributed by atoms with Gasteiger partial charge >= 0.3 is 0 Å². The van der Waals surface area contributed by atoms with Crippen LogP contribution >= 0.6 is 0 Å². The maximum atomic E-state index is 13.1. The van der Waals surface area contributed by atoms with Crippen LogP contribution in [0.25, 0.3) is 0 Å². The van der Waals surface area contributed by atoms with Crippen molar-refractivity contribution in [1.29, 1.82) is 0 Å². The number of aryl methyl sites for hydroxylation is 2. The van der Waals surface area contributed by atoms with E-state index >= 15 is 0 Å². The van der Waals surface area contributed by atoms with Gasteiger partial charge in [-0.05, 0) is 32.4 Å². The lowest BCUT2D eigenvalue weighted by Gasteiger charge is -2.19. The molecule has 0 radical (unpaired) electrons. The van der Waals surface area contributed by atoms with Gasteiger partial charge in [0.1, 0.15) is 11.9 Å². The standard InChI is InChI=1S/C22H27FN6O3/c1-12-4-13(2)20(31)18(5-12)14(3)28-19(30)11-25-21(32)15-6-17(10-24-7-15)29-22-26-8-16(23)9-27-22/h4-7,10,14,16,31H,8-9,11H2,1-3H3,(H,25,32)(H,28,30)(H2,26,27,29)/t14-/m1/s1. The van der Waals surface area contributed by atoms with E-state index < -0.39 is 24.0 Å². The number of aromatic nitrogens is 1. The van der Waals surface area contributed by atoms with Crippen molar-refractivity contribution in [3.63, 3.8) is 0 Å². The van der Waals surface area contributed by atoms with E-state index in [1.54, 1.807) is 19.9 Å². The van der Waals surface area contributed by atoms with Crippen LogP contribution in [0.5, 0.6) is 5.75 Å². The van der Waals surface area contributed by atoms with Crippen LogP contribution in [0.4, 0.5) is 10.1 Å². The Hall–Kier alpha value is -3.69. The number of phenolic OH excluding ortho intramolecular Hbond substituents is 1. The summed E-state index contributed by atoms with van der Waals surface area (Å²) in [7, 11) is 0. The summed E-state index contributed by atoms with van der Waals surface area (Å²) in [4.78, 5) is 32.8. The fraction of sp³-hybridized carbons (Fsp3) is 0.364. The molecular weight excluding hydrogens is 415 g/mol. The fourth-order valence-corrected chi connectivity index (χ4v) is 3.33. The molecule has 32 heavy (non-hydrogen) atoms. The van der Waals surface area contributed by atoms with Gasteiger partial charge in [-0.15, -0.1) is 0 Å². The Labute approximate surface area is 185 Å². The van der Waals surface area contributed by atoms with Crippen LogP contribution in [0.15, 0.2) is 35.6 Å². The first-order chi connectivity index (χ1) is 15.2. The van der Waals surface area contributed by atoms with Crippen molar-refractivity contribution >= 4 is 23.5 Å². The van der Waals surface area contributed by atoms with Crippen LogP contribution in [-0.4, -0.2) is 53.7 Å². The predicted octanol–water partition coefficient (Wildman–Crippen LogP) is 1.72. The van der Waals surface area contributed by atoms with Crippen molar-refractivity contribution < 1.29 is 19.1 Å². The zero-order valence-electron chi connectivity index (χ0n) is 18.2. The zero-order valence-corrected chi connectivity index (χ0v) is 18.2. The predicted molar refractivity (Wildman–Crippen MR) is 120 cm³/mol. The molecule has 2 amide bonds. The zero-order chi connectivity index (χ0) is 23.3. The Balaban J connectivity index is 1.54. The molecule has 1 aromatic carbocycles. The van der Waals surface area contributed by atoms with Crippen LogP contribution in [0.3, 0.4) is 0 Å². The minimum atomic E-state index is -1.02. The van der Waals surface area contributed by atoms with Gasteiger partial charge in [0.15, 0.2) is 5.96 Å². The topological polar surface area (TPSA) is 128 Å². The summed E-state index contributed by atoms with van der Waals surface area (Å²) in [5.41, 5.74) is 3.08. The van der Waals surface area contributed by atoms with Crippen LogP contribution in [0, 0.1) is 13.8 Å². The van der Waals surface area contributed by atoms with Gasteiger partial charge in [0.25, 0.3) is 5.91 Å². The minimum Gasteiger partial charge on any atom is -0.507 e. The third-order valence-electron chi connectivity index (χ3n) is 4.93. The molecule has 1 unspecified atom stereocenters. The number of pyridine rings is 1. The molecule has 2 heterocycles. The number of amides is 2. The summed E-state index contributed by atoms with van der Waals surface area (Å²) in [6.45, 7) is 5.46. The Kier molecular flexibility index (Phi) is 7.24. The van der Waals surface area contributed by atoms with E-state index in [-0.39, 0.29) is 30.9 Å². The highest BCUT2D eigenvalue weighted by molar-refractivity contribution is 5.99. The largest absolute Gasteiger partial charge is 0.507 e. The first-order valence-electron chi connectivity index (χ1n) is 10.2. The lowest BCUT2D eigenvalue weighted by Crippen LogP contribution is -2.41. The molecule has 0 spiro atoms. The SMILES string of the molecule is Cc1cc(C)c(O)c([C@@H](C)NC(=O)CNC(=O)c2cncc(NC3=NCC(F)CN3)c2)c1. The Morgan fingerprint density at radius 1 is 1.28 bits per heavy atom. The van der Waals surface area contributed by atoms with E-state index in [0.29, 0.717) is 17.2 Å². The van der Waals surface area contributed by atoms with Crippen molar-refractivity contribution in [2.45, 2.75) is 33.0 Å². The monoisotopic (exact) mass is 442 g/mol. The van der Waals surface area contributed by atoms with Gasteiger partial charge in [-0.25, -0.2) is 9.38 Å². The number of anilines is 1. The summed E-state index contributed by atoms with van der Waals surface area (Å²) < 4.78 is 13.1. The van der Waals surface area contributed by atoms with Crippen molar-refractivity contribution in [3.8, 4) is 5.75 Å². The van der Waals surface area contributed by atoms with Gasteiger partial charge < -0.3 is 26.4 Å². The second-order valence-corrected chi connectivity index (χ2v) is 7.75. The number of carbonyl (C=O) groups is 2. The quantitative estimate of drug-likeness (QED) is 0.464. The number of guanidine groups is 1. The van der Waals surface area contributed by atoms with Crippen molar-refractivity contribution in [2.24, 2.45) is 4.99 Å². The maximum absolute atomic E-state index is 13.1. The normalized spacial score (nSPS) is 16.4. The van der Waals surface area contributed by atoms with E-state index in [4.69, 9.17) is 0 Å². The second-order valence-electron chi connectivity index (χ2n) is 7.75. The third-order valence-corrected chi connectivity index (χ3v) is 4.93. The molecule has 0 fully saturated rings. The molecule has 170 valence electrons. The summed E-state index contributed by atoms with van der Waals surface area (Å²) in [5, 5.41) is 21.3. The molecule has 5 N–H and O–H groups in total. The average molecular weight is 442 g/mol. The number of hydrogen-bond acceptors (Lipinski definition) is 7. The average Bonchev–Trinajstić information content (AvgIpc) is 2.76. The van der Waals surface area contributed by atoms with E-state index in [1.807, 2.05) is 19.1 Å². The number of nitrogens with zero attached hydrogens (tertiary/aromatic N) is 2. The molecule has 1 aliphatic heterocycles. The Bertz CT molecular complexity index is 1040. The number of carbonyl (C=O) groups excluding carboxylic acids is 2. The summed E-state index contributed by atoms with van der Waals surface area (Å²) in [6.07, 6.45) is 1.86. The molecule has 0 saturated carbocycles. The van der Waals surface area contributed by atoms with Gasteiger partial charge in [0.05, 0.1) is 43.1 Å². The number of alkyl halides is 1. The van der Waals surface area contributed by atoms with Crippen LogP contribution in [-0.2, 0) is 4.79 Å². The first kappa shape index (κ1) is 23.0. The highest BCUT2D eigenvalue weighted by Gasteiger charge is 2.17. The number of phenols is 1. The van der Waals surface area contributed by atoms with E-state index in [1.165, 1.54) is 12.4 Å². The van der Waals surface area contributed by atoms with Crippen LogP contribution < -0.4 is 21.3 Å².